The summed E-state index contributed by atoms with van der Waals surface area (Å²) in [6.45, 7) is 1.54. The molecule has 4 heteroatoms. The Bertz CT molecular complexity index is 955. The summed E-state index contributed by atoms with van der Waals surface area (Å²) in [5.41, 5.74) is 3.13. The molecule has 4 rings (SSSR count). The van der Waals surface area contributed by atoms with Crippen LogP contribution >= 0.6 is 15.9 Å². The SMILES string of the molecule is CC(=O)/C=C1\OC(n2ccc3c(Br)cccc32)c2ccccc21. The third-order valence-electron chi connectivity index (χ3n) is 4.03. The molecule has 0 saturated heterocycles. The molecule has 1 aliphatic rings. The molecule has 1 unspecified atom stereocenters. The van der Waals surface area contributed by atoms with E-state index in [1.165, 1.54) is 6.92 Å². The largest absolute Gasteiger partial charge is 0.465 e. The van der Waals surface area contributed by atoms with Gasteiger partial charge < -0.3 is 9.30 Å². The fourth-order valence-corrected chi connectivity index (χ4v) is 3.53. The van der Waals surface area contributed by atoms with Gasteiger partial charge in [-0.05, 0) is 25.1 Å². The number of carbonyl (C=O) groups excluding carboxylic acids is 1. The predicted octanol–water partition coefficient (Wildman–Crippen LogP) is 4.91. The summed E-state index contributed by atoms with van der Waals surface area (Å²) in [4.78, 5) is 11.5. The molecule has 0 fully saturated rings. The molecule has 0 N–H and O–H groups in total. The van der Waals surface area contributed by atoms with Gasteiger partial charge in [-0.3, -0.25) is 4.79 Å². The fraction of sp³-hybridized carbons (Fsp3) is 0.105. The first-order valence-electron chi connectivity index (χ1n) is 7.38. The van der Waals surface area contributed by atoms with Crippen LogP contribution in [-0.4, -0.2) is 10.4 Å². The number of ether oxygens (including phenoxy) is 1. The van der Waals surface area contributed by atoms with E-state index in [-0.39, 0.29) is 12.0 Å². The van der Waals surface area contributed by atoms with Crippen LogP contribution < -0.4 is 0 Å². The van der Waals surface area contributed by atoms with Gasteiger partial charge >= 0.3 is 0 Å². The first kappa shape index (κ1) is 14.3. The van der Waals surface area contributed by atoms with Crippen molar-refractivity contribution in [1.82, 2.24) is 4.57 Å². The van der Waals surface area contributed by atoms with Crippen molar-refractivity contribution < 1.29 is 9.53 Å². The standard InChI is InChI=1S/C19H14BrNO2/c1-12(22)11-18-13-5-2-3-6-14(13)19(23-18)21-10-9-15-16(20)7-4-8-17(15)21/h2-11,19H,1H3/b18-11-. The van der Waals surface area contributed by atoms with Crippen LogP contribution in [-0.2, 0) is 9.53 Å². The van der Waals surface area contributed by atoms with Crippen molar-refractivity contribution in [2.75, 3.05) is 0 Å². The number of hydrogen-bond donors (Lipinski definition) is 0. The lowest BCUT2D eigenvalue weighted by molar-refractivity contribution is -0.112. The number of fused-ring (bicyclic) bond motifs is 2. The maximum absolute atomic E-state index is 11.5. The summed E-state index contributed by atoms with van der Waals surface area (Å²) in [7, 11) is 0. The van der Waals surface area contributed by atoms with E-state index in [9.17, 15) is 4.79 Å². The van der Waals surface area contributed by atoms with E-state index in [1.54, 1.807) is 6.08 Å². The quantitative estimate of drug-likeness (QED) is 0.602. The Morgan fingerprint density at radius 2 is 2.00 bits per heavy atom. The van der Waals surface area contributed by atoms with E-state index in [2.05, 4.69) is 32.6 Å². The first-order chi connectivity index (χ1) is 11.1. The molecule has 1 aromatic heterocycles. The van der Waals surface area contributed by atoms with Crippen LogP contribution in [0.3, 0.4) is 0 Å². The summed E-state index contributed by atoms with van der Waals surface area (Å²) in [5.74, 6) is 0.616. The molecule has 23 heavy (non-hydrogen) atoms. The second-order valence-electron chi connectivity index (χ2n) is 5.57. The van der Waals surface area contributed by atoms with Gasteiger partial charge in [-0.15, -0.1) is 0 Å². The van der Waals surface area contributed by atoms with Crippen molar-refractivity contribution in [2.45, 2.75) is 13.2 Å². The number of carbonyl (C=O) groups is 1. The highest BCUT2D eigenvalue weighted by molar-refractivity contribution is 9.10. The molecule has 1 aliphatic heterocycles. The smallest absolute Gasteiger partial charge is 0.203 e. The molecule has 114 valence electrons. The van der Waals surface area contributed by atoms with E-state index in [1.807, 2.05) is 42.6 Å². The van der Waals surface area contributed by atoms with Gasteiger partial charge in [0.25, 0.3) is 0 Å². The molecule has 0 bridgehead atoms. The zero-order valence-corrected chi connectivity index (χ0v) is 14.1. The molecular formula is C19H14BrNO2. The normalized spacial score (nSPS) is 18.2. The molecule has 0 aliphatic carbocycles. The highest BCUT2D eigenvalue weighted by atomic mass is 79.9. The monoisotopic (exact) mass is 367 g/mol. The van der Waals surface area contributed by atoms with Crippen LogP contribution in [0.2, 0.25) is 0 Å². The number of allylic oxidation sites excluding steroid dienone is 1. The molecule has 0 radical (unpaired) electrons. The highest BCUT2D eigenvalue weighted by Crippen LogP contribution is 2.41. The van der Waals surface area contributed by atoms with Gasteiger partial charge in [-0.1, -0.05) is 46.3 Å². The van der Waals surface area contributed by atoms with E-state index < -0.39 is 0 Å². The number of aromatic nitrogens is 1. The highest BCUT2D eigenvalue weighted by Gasteiger charge is 2.30. The number of ketones is 1. The summed E-state index contributed by atoms with van der Waals surface area (Å²) in [5, 5.41) is 1.14. The van der Waals surface area contributed by atoms with Crippen LogP contribution in [0.5, 0.6) is 0 Å². The Hall–Kier alpha value is -2.33. The number of nitrogens with zero attached hydrogens (tertiary/aromatic N) is 1. The van der Waals surface area contributed by atoms with Crippen molar-refractivity contribution >= 4 is 38.4 Å². The van der Waals surface area contributed by atoms with Crippen molar-refractivity contribution in [1.29, 1.82) is 0 Å². The Balaban J connectivity index is 1.90. The van der Waals surface area contributed by atoms with Crippen molar-refractivity contribution in [3.63, 3.8) is 0 Å². The predicted molar refractivity (Wildman–Crippen MR) is 94.0 cm³/mol. The third kappa shape index (κ3) is 2.30. The van der Waals surface area contributed by atoms with Crippen molar-refractivity contribution in [3.05, 3.63) is 76.4 Å². The lowest BCUT2D eigenvalue weighted by Gasteiger charge is -2.15. The number of benzene rings is 2. The zero-order chi connectivity index (χ0) is 16.0. The van der Waals surface area contributed by atoms with Gasteiger partial charge in [-0.2, -0.15) is 0 Å². The van der Waals surface area contributed by atoms with E-state index in [4.69, 9.17) is 4.74 Å². The molecule has 0 saturated carbocycles. The maximum Gasteiger partial charge on any atom is 0.203 e. The maximum atomic E-state index is 11.5. The molecule has 0 amide bonds. The van der Waals surface area contributed by atoms with Crippen LogP contribution in [0.15, 0.2) is 65.3 Å². The summed E-state index contributed by atoms with van der Waals surface area (Å²) in [6.07, 6.45) is 3.32. The summed E-state index contributed by atoms with van der Waals surface area (Å²) < 4.78 is 9.28. The molecule has 2 heterocycles. The Morgan fingerprint density at radius 1 is 1.17 bits per heavy atom. The minimum atomic E-state index is -0.261. The molecule has 3 aromatic rings. The third-order valence-corrected chi connectivity index (χ3v) is 4.72. The Labute approximate surface area is 142 Å². The Morgan fingerprint density at radius 3 is 2.83 bits per heavy atom. The van der Waals surface area contributed by atoms with Crippen LogP contribution in [0, 0.1) is 0 Å². The minimum Gasteiger partial charge on any atom is -0.465 e. The molecule has 0 spiro atoms. The van der Waals surface area contributed by atoms with Gasteiger partial charge in [0.05, 0.1) is 5.52 Å². The van der Waals surface area contributed by atoms with E-state index in [0.717, 1.165) is 26.5 Å². The topological polar surface area (TPSA) is 31.2 Å². The fourth-order valence-electron chi connectivity index (χ4n) is 3.04. The van der Waals surface area contributed by atoms with E-state index in [0.29, 0.717) is 5.76 Å². The first-order valence-corrected chi connectivity index (χ1v) is 8.18. The zero-order valence-electron chi connectivity index (χ0n) is 12.5. The van der Waals surface area contributed by atoms with Gasteiger partial charge in [0.2, 0.25) is 6.23 Å². The second-order valence-corrected chi connectivity index (χ2v) is 6.43. The van der Waals surface area contributed by atoms with Crippen LogP contribution in [0.25, 0.3) is 16.7 Å². The van der Waals surface area contributed by atoms with Gasteiger partial charge in [0.1, 0.15) is 5.76 Å². The number of rotatable bonds is 2. The van der Waals surface area contributed by atoms with Gasteiger partial charge in [0, 0.05) is 33.3 Å². The number of halogens is 1. The van der Waals surface area contributed by atoms with Crippen LogP contribution in [0.4, 0.5) is 0 Å². The van der Waals surface area contributed by atoms with Crippen molar-refractivity contribution in [2.24, 2.45) is 0 Å². The summed E-state index contributed by atoms with van der Waals surface area (Å²) >= 11 is 3.58. The lowest BCUT2D eigenvalue weighted by Crippen LogP contribution is -2.07. The molecule has 2 aromatic carbocycles. The molecule has 3 nitrogen and oxygen atoms in total. The Kier molecular flexibility index (Phi) is 3.34. The summed E-state index contributed by atoms with van der Waals surface area (Å²) in [6, 6.07) is 16.2. The van der Waals surface area contributed by atoms with E-state index >= 15 is 0 Å². The average molecular weight is 368 g/mol. The lowest BCUT2D eigenvalue weighted by atomic mass is 10.1. The van der Waals surface area contributed by atoms with Gasteiger partial charge in [0.15, 0.2) is 5.78 Å². The molecular weight excluding hydrogens is 354 g/mol. The molecule has 1 atom stereocenters. The second kappa shape index (κ2) is 5.39. The van der Waals surface area contributed by atoms with Crippen molar-refractivity contribution in [3.8, 4) is 0 Å². The minimum absolute atomic E-state index is 0.0180. The number of hydrogen-bond acceptors (Lipinski definition) is 2. The average Bonchev–Trinajstić information content (AvgIpc) is 3.10. The van der Waals surface area contributed by atoms with Crippen LogP contribution in [0.1, 0.15) is 24.3 Å². The van der Waals surface area contributed by atoms with Gasteiger partial charge in [-0.25, -0.2) is 0 Å².